The molecule has 0 saturated heterocycles. The Morgan fingerprint density at radius 3 is 2.78 bits per heavy atom. The number of hydrogen-bond acceptors (Lipinski definition) is 1. The summed E-state index contributed by atoms with van der Waals surface area (Å²) in [4.78, 5) is 0. The first-order chi connectivity index (χ1) is 4.29. The maximum Gasteiger partial charge on any atom is 0.0665 e. The van der Waals surface area contributed by atoms with E-state index in [1.165, 1.54) is 5.57 Å². The Morgan fingerprint density at radius 2 is 2.44 bits per heavy atom. The van der Waals surface area contributed by atoms with Gasteiger partial charge in [0, 0.05) is 0 Å². The zero-order chi connectivity index (χ0) is 6.85. The van der Waals surface area contributed by atoms with Crippen LogP contribution < -0.4 is 0 Å². The van der Waals surface area contributed by atoms with Crippen molar-refractivity contribution in [2.75, 3.05) is 0 Å². The molecule has 0 bridgehead atoms. The van der Waals surface area contributed by atoms with Crippen LogP contribution in [0.1, 0.15) is 20.3 Å². The molecular formula is C8H11N. The van der Waals surface area contributed by atoms with Crippen LogP contribution in [0.5, 0.6) is 0 Å². The zero-order valence-corrected chi connectivity index (χ0v) is 5.89. The second-order valence-electron chi connectivity index (χ2n) is 2.59. The molecule has 1 unspecified atom stereocenters. The molecule has 1 saturated carbocycles. The molecule has 0 aromatic heterocycles. The highest BCUT2D eigenvalue weighted by Gasteiger charge is 2.30. The van der Waals surface area contributed by atoms with Crippen LogP contribution in [0.15, 0.2) is 11.6 Å². The average molecular weight is 121 g/mol. The summed E-state index contributed by atoms with van der Waals surface area (Å²) in [6.45, 7) is 4.16. The topological polar surface area (TPSA) is 23.8 Å². The molecular weight excluding hydrogens is 110 g/mol. The van der Waals surface area contributed by atoms with Gasteiger partial charge in [-0.15, -0.1) is 0 Å². The molecule has 0 aromatic rings. The van der Waals surface area contributed by atoms with Gasteiger partial charge in [0.25, 0.3) is 0 Å². The van der Waals surface area contributed by atoms with E-state index in [0.717, 1.165) is 6.42 Å². The van der Waals surface area contributed by atoms with Gasteiger partial charge in [-0.05, 0) is 19.3 Å². The first kappa shape index (κ1) is 6.35. The van der Waals surface area contributed by atoms with Crippen LogP contribution in [0.4, 0.5) is 0 Å². The van der Waals surface area contributed by atoms with Crippen molar-refractivity contribution < 1.29 is 0 Å². The van der Waals surface area contributed by atoms with E-state index in [1.807, 2.05) is 6.92 Å². The first-order valence-corrected chi connectivity index (χ1v) is 3.34. The molecule has 0 aromatic carbocycles. The lowest BCUT2D eigenvalue weighted by Gasteiger charge is -2.31. The lowest BCUT2D eigenvalue weighted by Crippen LogP contribution is -2.24. The van der Waals surface area contributed by atoms with E-state index >= 15 is 0 Å². The molecule has 9 heavy (non-hydrogen) atoms. The molecule has 0 spiro atoms. The number of allylic oxidation sites excluding steroid dienone is 2. The largest absolute Gasteiger partial charge is 0.198 e. The number of nitriles is 1. The number of rotatable bonds is 0. The van der Waals surface area contributed by atoms with Crippen LogP contribution in [0.2, 0.25) is 0 Å². The molecule has 2 atom stereocenters. The molecule has 0 radical (unpaired) electrons. The van der Waals surface area contributed by atoms with E-state index in [4.69, 9.17) is 5.26 Å². The standard InChI is InChI=1S/C8H11N/c1-3-7-4-8(5-9)6(7)2/h3,6,8H,4H2,1-2H3/b7-3+/t6-,8?/m0/s1. The van der Waals surface area contributed by atoms with Gasteiger partial charge in [-0.25, -0.2) is 0 Å². The number of hydrogen-bond donors (Lipinski definition) is 0. The third kappa shape index (κ3) is 0.853. The smallest absolute Gasteiger partial charge is 0.0665 e. The molecule has 1 rings (SSSR count). The predicted molar refractivity (Wildman–Crippen MR) is 36.6 cm³/mol. The Bertz CT molecular complexity index is 173. The first-order valence-electron chi connectivity index (χ1n) is 3.34. The van der Waals surface area contributed by atoms with E-state index in [1.54, 1.807) is 0 Å². The van der Waals surface area contributed by atoms with Crippen LogP contribution in [0.25, 0.3) is 0 Å². The van der Waals surface area contributed by atoms with Crippen LogP contribution in [0.3, 0.4) is 0 Å². The maximum atomic E-state index is 8.49. The summed E-state index contributed by atoms with van der Waals surface area (Å²) >= 11 is 0. The van der Waals surface area contributed by atoms with Gasteiger partial charge in [-0.3, -0.25) is 0 Å². The highest BCUT2D eigenvalue weighted by atomic mass is 14.4. The van der Waals surface area contributed by atoms with Gasteiger partial charge in [-0.2, -0.15) is 5.26 Å². The predicted octanol–water partition coefficient (Wildman–Crippen LogP) is 2.11. The quantitative estimate of drug-likeness (QED) is 0.450. The average Bonchev–Trinajstić information content (AvgIpc) is 1.87. The van der Waals surface area contributed by atoms with Gasteiger partial charge in [0.1, 0.15) is 0 Å². The summed E-state index contributed by atoms with van der Waals surface area (Å²) < 4.78 is 0. The van der Waals surface area contributed by atoms with Gasteiger partial charge in [-0.1, -0.05) is 18.6 Å². The Balaban J connectivity index is 2.54. The lowest BCUT2D eigenvalue weighted by atomic mass is 9.71. The van der Waals surface area contributed by atoms with Crippen molar-refractivity contribution in [3.63, 3.8) is 0 Å². The van der Waals surface area contributed by atoms with Gasteiger partial charge in [0.05, 0.1) is 12.0 Å². The molecule has 1 aliphatic rings. The van der Waals surface area contributed by atoms with Crippen molar-refractivity contribution in [1.82, 2.24) is 0 Å². The minimum Gasteiger partial charge on any atom is -0.198 e. The summed E-state index contributed by atoms with van der Waals surface area (Å²) in [5, 5.41) is 8.49. The highest BCUT2D eigenvalue weighted by molar-refractivity contribution is 5.21. The van der Waals surface area contributed by atoms with Crippen molar-refractivity contribution in [2.24, 2.45) is 11.8 Å². The third-order valence-corrected chi connectivity index (χ3v) is 2.18. The number of nitrogens with zero attached hydrogens (tertiary/aromatic N) is 1. The summed E-state index contributed by atoms with van der Waals surface area (Å²) in [6.07, 6.45) is 3.13. The van der Waals surface area contributed by atoms with Crippen molar-refractivity contribution in [1.29, 1.82) is 5.26 Å². The van der Waals surface area contributed by atoms with Crippen molar-refractivity contribution in [3.8, 4) is 6.07 Å². The van der Waals surface area contributed by atoms with E-state index in [2.05, 4.69) is 19.1 Å². The Labute approximate surface area is 56.0 Å². The van der Waals surface area contributed by atoms with Crippen LogP contribution in [-0.2, 0) is 0 Å². The molecule has 1 nitrogen and oxygen atoms in total. The normalized spacial score (nSPS) is 37.7. The molecule has 1 aliphatic carbocycles. The van der Waals surface area contributed by atoms with E-state index in [0.29, 0.717) is 11.8 Å². The Kier molecular flexibility index (Phi) is 1.57. The fourth-order valence-electron chi connectivity index (χ4n) is 1.25. The second-order valence-corrected chi connectivity index (χ2v) is 2.59. The van der Waals surface area contributed by atoms with Gasteiger partial charge in [0.2, 0.25) is 0 Å². The molecule has 48 valence electrons. The minimum absolute atomic E-state index is 0.302. The van der Waals surface area contributed by atoms with Gasteiger partial charge < -0.3 is 0 Å². The molecule has 0 aliphatic heterocycles. The fraction of sp³-hybridized carbons (Fsp3) is 0.625. The molecule has 0 amide bonds. The third-order valence-electron chi connectivity index (χ3n) is 2.18. The van der Waals surface area contributed by atoms with Gasteiger partial charge >= 0.3 is 0 Å². The highest BCUT2D eigenvalue weighted by Crippen LogP contribution is 2.38. The maximum absolute atomic E-state index is 8.49. The van der Waals surface area contributed by atoms with E-state index in [9.17, 15) is 0 Å². The molecule has 0 heterocycles. The van der Waals surface area contributed by atoms with Crippen molar-refractivity contribution in [2.45, 2.75) is 20.3 Å². The summed E-state index contributed by atoms with van der Waals surface area (Å²) in [7, 11) is 0. The van der Waals surface area contributed by atoms with Crippen molar-refractivity contribution in [3.05, 3.63) is 11.6 Å². The van der Waals surface area contributed by atoms with Crippen LogP contribution in [-0.4, -0.2) is 0 Å². The molecule has 1 fully saturated rings. The second kappa shape index (κ2) is 2.23. The molecule has 1 heteroatoms. The Hall–Kier alpha value is -0.770. The van der Waals surface area contributed by atoms with E-state index in [-0.39, 0.29) is 0 Å². The Morgan fingerprint density at radius 1 is 1.78 bits per heavy atom. The SMILES string of the molecule is C/C=C1\CC(C#N)[C@H]1C. The van der Waals surface area contributed by atoms with E-state index < -0.39 is 0 Å². The van der Waals surface area contributed by atoms with Gasteiger partial charge in [0.15, 0.2) is 0 Å². The lowest BCUT2D eigenvalue weighted by molar-refractivity contribution is 0.376. The van der Waals surface area contributed by atoms with Crippen LogP contribution >= 0.6 is 0 Å². The van der Waals surface area contributed by atoms with Crippen molar-refractivity contribution >= 4 is 0 Å². The summed E-state index contributed by atoms with van der Waals surface area (Å²) in [5.41, 5.74) is 1.45. The molecule has 0 N–H and O–H groups in total. The fourth-order valence-corrected chi connectivity index (χ4v) is 1.25. The monoisotopic (exact) mass is 121 g/mol. The zero-order valence-electron chi connectivity index (χ0n) is 5.89. The minimum atomic E-state index is 0.302. The summed E-state index contributed by atoms with van der Waals surface area (Å²) in [6, 6.07) is 2.27. The van der Waals surface area contributed by atoms with Crippen LogP contribution in [0, 0.1) is 23.2 Å². The summed E-state index contributed by atoms with van der Waals surface area (Å²) in [5.74, 6) is 0.830.